The van der Waals surface area contributed by atoms with Gasteiger partial charge in [0.15, 0.2) is 0 Å². The summed E-state index contributed by atoms with van der Waals surface area (Å²) < 4.78 is 0. The molecule has 0 aromatic carbocycles. The van der Waals surface area contributed by atoms with Gasteiger partial charge in [0.2, 0.25) is 0 Å². The van der Waals surface area contributed by atoms with E-state index in [9.17, 15) is 0 Å². The summed E-state index contributed by atoms with van der Waals surface area (Å²) in [5.74, 6) is 1.93. The van der Waals surface area contributed by atoms with E-state index in [0.29, 0.717) is 0 Å². The molecular weight excluding hydrogens is 210 g/mol. The van der Waals surface area contributed by atoms with E-state index < -0.39 is 0 Å². The van der Waals surface area contributed by atoms with Crippen LogP contribution < -0.4 is 5.32 Å². The summed E-state index contributed by atoms with van der Waals surface area (Å²) in [6.07, 6.45) is 10.8. The van der Waals surface area contributed by atoms with Gasteiger partial charge in [-0.05, 0) is 18.8 Å². The Bertz CT molecular complexity index is 332. The molecule has 3 nitrogen and oxygen atoms in total. The van der Waals surface area contributed by atoms with Gasteiger partial charge in [-0.25, -0.2) is 9.97 Å². The van der Waals surface area contributed by atoms with Crippen molar-refractivity contribution in [2.45, 2.75) is 51.9 Å². The third-order valence-corrected chi connectivity index (χ3v) is 3.56. The summed E-state index contributed by atoms with van der Waals surface area (Å²) in [7, 11) is 0. The first kappa shape index (κ1) is 12.3. The Kier molecular flexibility index (Phi) is 4.77. The smallest absolute Gasteiger partial charge is 0.129 e. The number of anilines is 1. The van der Waals surface area contributed by atoms with Crippen LogP contribution in [0.2, 0.25) is 0 Å². The highest BCUT2D eigenvalue weighted by Gasteiger charge is 2.14. The first-order chi connectivity index (χ1) is 8.38. The highest BCUT2D eigenvalue weighted by molar-refractivity contribution is 5.34. The van der Waals surface area contributed by atoms with Crippen molar-refractivity contribution in [2.75, 3.05) is 11.9 Å². The number of aryl methyl sites for hydroxylation is 1. The fourth-order valence-corrected chi connectivity index (χ4v) is 2.59. The van der Waals surface area contributed by atoms with Gasteiger partial charge in [0.1, 0.15) is 12.1 Å². The van der Waals surface area contributed by atoms with Crippen LogP contribution in [0.4, 0.5) is 5.82 Å². The summed E-state index contributed by atoms with van der Waals surface area (Å²) >= 11 is 0. The Balaban J connectivity index is 1.75. The monoisotopic (exact) mass is 233 g/mol. The zero-order valence-corrected chi connectivity index (χ0v) is 10.8. The zero-order valence-electron chi connectivity index (χ0n) is 10.8. The fourth-order valence-electron chi connectivity index (χ4n) is 2.59. The van der Waals surface area contributed by atoms with Crippen LogP contribution in [-0.2, 0) is 6.42 Å². The number of nitrogens with zero attached hydrogens (tertiary/aromatic N) is 2. The third-order valence-electron chi connectivity index (χ3n) is 3.56. The predicted octanol–water partition coefficient (Wildman–Crippen LogP) is 3.42. The average molecular weight is 233 g/mol. The Morgan fingerprint density at radius 3 is 2.88 bits per heavy atom. The SMILES string of the molecule is CCCc1cc(NCCC2CCCC2)ncn1. The van der Waals surface area contributed by atoms with Gasteiger partial charge in [0.25, 0.3) is 0 Å². The molecule has 1 aromatic heterocycles. The first-order valence-electron chi connectivity index (χ1n) is 6.93. The van der Waals surface area contributed by atoms with Crippen LogP contribution in [0.5, 0.6) is 0 Å². The molecule has 0 amide bonds. The molecule has 1 aromatic rings. The quantitative estimate of drug-likeness (QED) is 0.818. The summed E-state index contributed by atoms with van der Waals surface area (Å²) in [5, 5.41) is 3.42. The molecule has 0 aliphatic heterocycles. The van der Waals surface area contributed by atoms with E-state index in [1.807, 2.05) is 0 Å². The van der Waals surface area contributed by atoms with Gasteiger partial charge < -0.3 is 5.32 Å². The van der Waals surface area contributed by atoms with Crippen molar-refractivity contribution in [2.24, 2.45) is 5.92 Å². The maximum Gasteiger partial charge on any atom is 0.129 e. The topological polar surface area (TPSA) is 37.8 Å². The molecule has 0 atom stereocenters. The minimum atomic E-state index is 0.944. The summed E-state index contributed by atoms with van der Waals surface area (Å²) in [5.41, 5.74) is 1.14. The van der Waals surface area contributed by atoms with Crippen molar-refractivity contribution in [1.82, 2.24) is 9.97 Å². The van der Waals surface area contributed by atoms with Crippen LogP contribution >= 0.6 is 0 Å². The summed E-state index contributed by atoms with van der Waals surface area (Å²) in [6.45, 7) is 3.22. The van der Waals surface area contributed by atoms with Crippen molar-refractivity contribution < 1.29 is 0 Å². The Labute approximate surface area is 104 Å². The Morgan fingerprint density at radius 1 is 1.29 bits per heavy atom. The van der Waals surface area contributed by atoms with E-state index in [4.69, 9.17) is 0 Å². The number of hydrogen-bond donors (Lipinski definition) is 1. The third kappa shape index (κ3) is 3.99. The van der Waals surface area contributed by atoms with Crippen LogP contribution in [0.1, 0.15) is 51.1 Å². The van der Waals surface area contributed by atoms with E-state index >= 15 is 0 Å². The standard InChI is InChI=1S/C14H23N3/c1-2-5-13-10-14(17-11-16-13)15-9-8-12-6-3-4-7-12/h10-12H,2-9H2,1H3,(H,15,16,17). The van der Waals surface area contributed by atoms with Crippen molar-refractivity contribution in [3.05, 3.63) is 18.1 Å². The van der Waals surface area contributed by atoms with Gasteiger partial charge in [0.05, 0.1) is 0 Å². The van der Waals surface area contributed by atoms with Gasteiger partial charge in [0, 0.05) is 18.3 Å². The second-order valence-corrected chi connectivity index (χ2v) is 5.01. The summed E-state index contributed by atoms with van der Waals surface area (Å²) in [6, 6.07) is 2.08. The summed E-state index contributed by atoms with van der Waals surface area (Å²) in [4.78, 5) is 8.53. The molecule has 1 fully saturated rings. The highest BCUT2D eigenvalue weighted by atomic mass is 15.0. The molecule has 1 aliphatic rings. The van der Waals surface area contributed by atoms with E-state index in [-0.39, 0.29) is 0 Å². The first-order valence-corrected chi connectivity index (χ1v) is 6.93. The molecule has 0 saturated heterocycles. The lowest BCUT2D eigenvalue weighted by Gasteiger charge is -2.10. The van der Waals surface area contributed by atoms with E-state index in [1.165, 1.54) is 32.1 Å². The van der Waals surface area contributed by atoms with Crippen LogP contribution in [0, 0.1) is 5.92 Å². The molecule has 1 N–H and O–H groups in total. The highest BCUT2D eigenvalue weighted by Crippen LogP contribution is 2.27. The van der Waals surface area contributed by atoms with Gasteiger partial charge in [-0.2, -0.15) is 0 Å². The van der Waals surface area contributed by atoms with E-state index in [2.05, 4.69) is 28.3 Å². The Hall–Kier alpha value is -1.12. The molecule has 0 spiro atoms. The maximum absolute atomic E-state index is 4.26. The van der Waals surface area contributed by atoms with Crippen LogP contribution in [0.15, 0.2) is 12.4 Å². The Morgan fingerprint density at radius 2 is 2.12 bits per heavy atom. The van der Waals surface area contributed by atoms with Gasteiger partial charge in [-0.1, -0.05) is 39.0 Å². The van der Waals surface area contributed by atoms with Crippen molar-refractivity contribution in [3.63, 3.8) is 0 Å². The molecule has 0 bridgehead atoms. The molecule has 3 heteroatoms. The molecule has 0 radical (unpaired) electrons. The molecular formula is C14H23N3. The molecule has 2 rings (SSSR count). The van der Waals surface area contributed by atoms with Crippen LogP contribution in [0.3, 0.4) is 0 Å². The van der Waals surface area contributed by atoms with Crippen molar-refractivity contribution in [1.29, 1.82) is 0 Å². The number of hydrogen-bond acceptors (Lipinski definition) is 3. The lowest BCUT2D eigenvalue weighted by molar-refractivity contribution is 0.518. The molecule has 17 heavy (non-hydrogen) atoms. The normalized spacial score (nSPS) is 16.3. The molecule has 1 saturated carbocycles. The number of aromatic nitrogens is 2. The maximum atomic E-state index is 4.26. The zero-order chi connectivity index (χ0) is 11.9. The number of rotatable bonds is 6. The van der Waals surface area contributed by atoms with Gasteiger partial charge in [-0.3, -0.25) is 0 Å². The van der Waals surface area contributed by atoms with Crippen molar-refractivity contribution in [3.8, 4) is 0 Å². The minimum absolute atomic E-state index is 0.944. The second-order valence-electron chi connectivity index (χ2n) is 5.01. The largest absolute Gasteiger partial charge is 0.370 e. The molecule has 94 valence electrons. The predicted molar refractivity (Wildman–Crippen MR) is 71.1 cm³/mol. The lowest BCUT2D eigenvalue weighted by Crippen LogP contribution is -2.08. The molecule has 0 unspecified atom stereocenters. The van der Waals surface area contributed by atoms with E-state index in [1.54, 1.807) is 6.33 Å². The number of nitrogens with one attached hydrogen (secondary N) is 1. The van der Waals surface area contributed by atoms with Crippen molar-refractivity contribution >= 4 is 5.82 Å². The van der Waals surface area contributed by atoms with Gasteiger partial charge in [-0.15, -0.1) is 0 Å². The van der Waals surface area contributed by atoms with Gasteiger partial charge >= 0.3 is 0 Å². The minimum Gasteiger partial charge on any atom is -0.370 e. The molecule has 1 aliphatic carbocycles. The second kappa shape index (κ2) is 6.58. The van der Waals surface area contributed by atoms with Crippen LogP contribution in [-0.4, -0.2) is 16.5 Å². The van der Waals surface area contributed by atoms with Crippen LogP contribution in [0.25, 0.3) is 0 Å². The average Bonchev–Trinajstić information content (AvgIpc) is 2.83. The lowest BCUT2D eigenvalue weighted by atomic mass is 10.0. The van der Waals surface area contributed by atoms with E-state index in [0.717, 1.165) is 36.8 Å². The fraction of sp³-hybridized carbons (Fsp3) is 0.714. The molecule has 1 heterocycles.